The highest BCUT2D eigenvalue weighted by atomic mass is 32.1. The summed E-state index contributed by atoms with van der Waals surface area (Å²) in [6.07, 6.45) is 7.05. The van der Waals surface area contributed by atoms with E-state index in [0.717, 1.165) is 55.4 Å². The minimum atomic E-state index is -1.12. The molecule has 0 saturated heterocycles. The summed E-state index contributed by atoms with van der Waals surface area (Å²) in [6.45, 7) is 1.31. The van der Waals surface area contributed by atoms with E-state index < -0.39 is 18.5 Å². The zero-order valence-corrected chi connectivity index (χ0v) is 16.3. The number of nitrogens with one attached hydrogen (secondary N) is 2. The molecule has 1 saturated carbocycles. The average Bonchev–Trinajstić information content (AvgIpc) is 3.21. The van der Waals surface area contributed by atoms with E-state index in [1.54, 1.807) is 0 Å². The second kappa shape index (κ2) is 8.84. The molecule has 0 spiro atoms. The van der Waals surface area contributed by atoms with Crippen molar-refractivity contribution in [3.05, 3.63) is 16.0 Å². The number of rotatable bonds is 7. The lowest BCUT2D eigenvalue weighted by Gasteiger charge is -2.19. The fourth-order valence-electron chi connectivity index (χ4n) is 3.80. The molecule has 2 aliphatic carbocycles. The quantitative estimate of drug-likeness (QED) is 0.659. The minimum Gasteiger partial charge on any atom is -0.480 e. The fourth-order valence-corrected chi connectivity index (χ4v) is 5.22. The SMILES string of the molecule is C[C@H]1CCc2c(sc(NC(=O)COCC(=O)O)c2C(=O)NC2CCCC2)C1. The van der Waals surface area contributed by atoms with E-state index in [4.69, 9.17) is 9.84 Å². The molecule has 27 heavy (non-hydrogen) atoms. The van der Waals surface area contributed by atoms with Crippen LogP contribution in [0, 0.1) is 5.92 Å². The lowest BCUT2D eigenvalue weighted by atomic mass is 9.88. The number of carboxylic acids is 1. The van der Waals surface area contributed by atoms with Gasteiger partial charge in [-0.1, -0.05) is 19.8 Å². The summed E-state index contributed by atoms with van der Waals surface area (Å²) in [7, 11) is 0. The summed E-state index contributed by atoms with van der Waals surface area (Å²) < 4.78 is 4.85. The van der Waals surface area contributed by atoms with Crippen molar-refractivity contribution in [3.63, 3.8) is 0 Å². The topological polar surface area (TPSA) is 105 Å². The Kier molecular flexibility index (Phi) is 6.49. The third-order valence-corrected chi connectivity index (χ3v) is 6.31. The number of carbonyl (C=O) groups excluding carboxylic acids is 2. The molecule has 1 aromatic rings. The van der Waals surface area contributed by atoms with Gasteiger partial charge >= 0.3 is 5.97 Å². The van der Waals surface area contributed by atoms with Crippen molar-refractivity contribution < 1.29 is 24.2 Å². The van der Waals surface area contributed by atoms with Gasteiger partial charge in [-0.3, -0.25) is 9.59 Å². The highest BCUT2D eigenvalue weighted by Crippen LogP contribution is 2.39. The number of amides is 2. The minimum absolute atomic E-state index is 0.115. The Hall–Kier alpha value is -1.93. The lowest BCUT2D eigenvalue weighted by molar-refractivity contribution is -0.143. The maximum absolute atomic E-state index is 13.0. The zero-order valence-electron chi connectivity index (χ0n) is 15.5. The molecule has 1 fully saturated rings. The first-order chi connectivity index (χ1) is 12.9. The van der Waals surface area contributed by atoms with Gasteiger partial charge in [-0.25, -0.2) is 4.79 Å². The number of hydrogen-bond acceptors (Lipinski definition) is 5. The van der Waals surface area contributed by atoms with E-state index in [9.17, 15) is 14.4 Å². The number of ether oxygens (including phenoxy) is 1. The van der Waals surface area contributed by atoms with Crippen LogP contribution in [0.15, 0.2) is 0 Å². The van der Waals surface area contributed by atoms with Crippen molar-refractivity contribution in [1.82, 2.24) is 5.32 Å². The Bertz CT molecular complexity index is 724. The van der Waals surface area contributed by atoms with E-state index in [1.165, 1.54) is 11.3 Å². The molecule has 2 aliphatic rings. The lowest BCUT2D eigenvalue weighted by Crippen LogP contribution is -2.34. The number of carbonyl (C=O) groups is 3. The van der Waals surface area contributed by atoms with Crippen LogP contribution in [0.25, 0.3) is 0 Å². The first-order valence-corrected chi connectivity index (χ1v) is 10.3. The third-order valence-electron chi connectivity index (χ3n) is 5.14. The average molecular weight is 394 g/mol. The summed E-state index contributed by atoms with van der Waals surface area (Å²) in [5.74, 6) is -1.13. The van der Waals surface area contributed by atoms with Crippen molar-refractivity contribution in [2.75, 3.05) is 18.5 Å². The van der Waals surface area contributed by atoms with Crippen LogP contribution >= 0.6 is 11.3 Å². The molecular weight excluding hydrogens is 368 g/mol. The molecule has 148 valence electrons. The Balaban J connectivity index is 1.76. The van der Waals surface area contributed by atoms with Crippen LogP contribution in [0.1, 0.15) is 59.8 Å². The zero-order chi connectivity index (χ0) is 19.4. The van der Waals surface area contributed by atoms with Gasteiger partial charge in [-0.2, -0.15) is 0 Å². The van der Waals surface area contributed by atoms with E-state index in [2.05, 4.69) is 17.6 Å². The van der Waals surface area contributed by atoms with Crippen LogP contribution in [-0.4, -0.2) is 42.1 Å². The van der Waals surface area contributed by atoms with Gasteiger partial charge in [0.1, 0.15) is 18.2 Å². The van der Waals surface area contributed by atoms with E-state index >= 15 is 0 Å². The highest BCUT2D eigenvalue weighted by molar-refractivity contribution is 7.17. The summed E-state index contributed by atoms with van der Waals surface area (Å²) in [5.41, 5.74) is 1.63. The van der Waals surface area contributed by atoms with E-state index in [-0.39, 0.29) is 18.6 Å². The molecule has 0 aliphatic heterocycles. The molecule has 0 aromatic carbocycles. The molecule has 2 amide bonds. The Morgan fingerprint density at radius 2 is 1.93 bits per heavy atom. The van der Waals surface area contributed by atoms with Gasteiger partial charge in [0.2, 0.25) is 0 Å². The second-order valence-electron chi connectivity index (χ2n) is 7.45. The third kappa shape index (κ3) is 5.07. The molecule has 1 atom stereocenters. The van der Waals surface area contributed by atoms with Crippen LogP contribution in [0.2, 0.25) is 0 Å². The van der Waals surface area contributed by atoms with Crippen LogP contribution in [0.5, 0.6) is 0 Å². The van der Waals surface area contributed by atoms with Crippen molar-refractivity contribution in [2.24, 2.45) is 5.92 Å². The standard InChI is InChI=1S/C19H26N2O5S/c1-11-6-7-13-14(8-11)27-19(21-15(22)9-26-10-16(23)24)17(13)18(25)20-12-4-2-3-5-12/h11-12H,2-10H2,1H3,(H,20,25)(H,21,22)(H,23,24)/t11-/m0/s1. The molecule has 7 nitrogen and oxygen atoms in total. The van der Waals surface area contributed by atoms with Crippen molar-refractivity contribution in [2.45, 2.75) is 57.9 Å². The molecule has 8 heteroatoms. The largest absolute Gasteiger partial charge is 0.480 e. The number of fused-ring (bicyclic) bond motifs is 1. The summed E-state index contributed by atoms with van der Waals surface area (Å²) >= 11 is 1.46. The van der Waals surface area contributed by atoms with Crippen LogP contribution in [0.4, 0.5) is 5.00 Å². The van der Waals surface area contributed by atoms with Crippen molar-refractivity contribution in [3.8, 4) is 0 Å². The number of anilines is 1. The Morgan fingerprint density at radius 1 is 1.19 bits per heavy atom. The highest BCUT2D eigenvalue weighted by Gasteiger charge is 2.29. The maximum Gasteiger partial charge on any atom is 0.329 e. The molecule has 0 bridgehead atoms. The normalized spacial score (nSPS) is 19.5. The molecule has 0 radical (unpaired) electrons. The van der Waals surface area contributed by atoms with Gasteiger partial charge in [0.25, 0.3) is 11.8 Å². The first-order valence-electron chi connectivity index (χ1n) is 9.48. The maximum atomic E-state index is 13.0. The molecule has 3 N–H and O–H groups in total. The van der Waals surface area contributed by atoms with Crippen molar-refractivity contribution >= 4 is 34.1 Å². The van der Waals surface area contributed by atoms with Gasteiger partial charge in [0.05, 0.1) is 5.56 Å². The van der Waals surface area contributed by atoms with Gasteiger partial charge in [0.15, 0.2) is 0 Å². The molecule has 0 unspecified atom stereocenters. The predicted octanol–water partition coefficient (Wildman–Crippen LogP) is 2.59. The van der Waals surface area contributed by atoms with Gasteiger partial charge in [-0.15, -0.1) is 11.3 Å². The van der Waals surface area contributed by atoms with Crippen LogP contribution in [-0.2, 0) is 27.2 Å². The van der Waals surface area contributed by atoms with E-state index in [0.29, 0.717) is 16.5 Å². The Morgan fingerprint density at radius 3 is 2.63 bits per heavy atom. The van der Waals surface area contributed by atoms with E-state index in [1.807, 2.05) is 0 Å². The number of carboxylic acid groups (broad SMARTS) is 1. The first kappa shape index (κ1) is 19.8. The molecular formula is C19H26N2O5S. The number of aliphatic carboxylic acids is 1. The monoisotopic (exact) mass is 394 g/mol. The smallest absolute Gasteiger partial charge is 0.329 e. The second-order valence-corrected chi connectivity index (χ2v) is 8.55. The van der Waals surface area contributed by atoms with Crippen LogP contribution in [0.3, 0.4) is 0 Å². The predicted molar refractivity (Wildman–Crippen MR) is 102 cm³/mol. The number of thiophene rings is 1. The summed E-state index contributed by atoms with van der Waals surface area (Å²) in [6, 6.07) is 0.206. The molecule has 1 heterocycles. The molecule has 1 aromatic heterocycles. The van der Waals surface area contributed by atoms with Crippen LogP contribution < -0.4 is 10.6 Å². The fraction of sp³-hybridized carbons (Fsp3) is 0.632. The van der Waals surface area contributed by atoms with Crippen molar-refractivity contribution in [1.29, 1.82) is 0 Å². The van der Waals surface area contributed by atoms with Gasteiger partial charge < -0.3 is 20.5 Å². The molecule has 3 rings (SSSR count). The summed E-state index contributed by atoms with van der Waals surface area (Å²) in [4.78, 5) is 36.8. The van der Waals surface area contributed by atoms with Gasteiger partial charge in [0, 0.05) is 10.9 Å². The van der Waals surface area contributed by atoms with Gasteiger partial charge in [-0.05, 0) is 43.6 Å². The Labute approximate surface area is 162 Å². The number of hydrogen-bond donors (Lipinski definition) is 3. The summed E-state index contributed by atoms with van der Waals surface area (Å²) in [5, 5.41) is 15.0.